The molecule has 0 aromatic heterocycles. The van der Waals surface area contributed by atoms with E-state index in [9.17, 15) is 4.79 Å². The van der Waals surface area contributed by atoms with E-state index in [-0.39, 0.29) is 18.3 Å². The maximum atomic E-state index is 13.1. The molecule has 2 heterocycles. The molecule has 9 heteroatoms. The van der Waals surface area contributed by atoms with Crippen molar-refractivity contribution in [1.29, 1.82) is 0 Å². The third-order valence-electron chi connectivity index (χ3n) is 8.02. The molecule has 9 nitrogen and oxygen atoms in total. The Morgan fingerprint density at radius 3 is 2.51 bits per heavy atom. The highest BCUT2D eigenvalue weighted by molar-refractivity contribution is 5.68. The van der Waals surface area contributed by atoms with E-state index in [0.29, 0.717) is 61.7 Å². The predicted molar refractivity (Wildman–Crippen MR) is 149 cm³/mol. The maximum absolute atomic E-state index is 13.1. The molecule has 3 fully saturated rings. The molecule has 0 spiro atoms. The summed E-state index contributed by atoms with van der Waals surface area (Å²) in [4.78, 5) is 15.1. The van der Waals surface area contributed by atoms with Crippen LogP contribution in [0.3, 0.4) is 0 Å². The highest BCUT2D eigenvalue weighted by Crippen LogP contribution is 2.35. The fourth-order valence-electron chi connectivity index (χ4n) is 5.45. The van der Waals surface area contributed by atoms with E-state index in [0.717, 1.165) is 63.9 Å². The molecule has 0 bridgehead atoms. The first kappa shape index (κ1) is 29.7. The number of hydrogen-bond donors (Lipinski definition) is 1. The standard InChI is InChI=1S/C30H48N2O7/c1-21(2)28(38-26-8-9-27(35-4)29(17-26)37-13-5-12-34-3)16-22-18-31-19-23(22)20-32(24-6-7-24)30(33)39-25-10-14-36-15-11-25/h8-9,17,21-25,28,31H,5-7,10-16,18-20H2,1-4H3/t22-,23+,28-/m1/s1. The number of hydrogen-bond acceptors (Lipinski definition) is 8. The van der Waals surface area contributed by atoms with Crippen molar-refractivity contribution in [3.05, 3.63) is 18.2 Å². The molecule has 2 saturated heterocycles. The van der Waals surface area contributed by atoms with Crippen LogP contribution in [-0.2, 0) is 14.2 Å². The van der Waals surface area contributed by atoms with Crippen LogP contribution in [0.25, 0.3) is 0 Å². The number of benzene rings is 1. The van der Waals surface area contributed by atoms with Gasteiger partial charge in [0.05, 0.1) is 26.9 Å². The lowest BCUT2D eigenvalue weighted by molar-refractivity contribution is -0.0129. The van der Waals surface area contributed by atoms with Crippen molar-refractivity contribution in [3.63, 3.8) is 0 Å². The Morgan fingerprint density at radius 1 is 1.05 bits per heavy atom. The van der Waals surface area contributed by atoms with Gasteiger partial charge in [0.25, 0.3) is 0 Å². The van der Waals surface area contributed by atoms with Gasteiger partial charge in [0.2, 0.25) is 0 Å². The van der Waals surface area contributed by atoms with E-state index >= 15 is 0 Å². The smallest absolute Gasteiger partial charge is 0.410 e. The Morgan fingerprint density at radius 2 is 1.82 bits per heavy atom. The summed E-state index contributed by atoms with van der Waals surface area (Å²) >= 11 is 0. The molecule has 2 aliphatic heterocycles. The van der Waals surface area contributed by atoms with Crippen LogP contribution < -0.4 is 19.5 Å². The van der Waals surface area contributed by atoms with Crippen LogP contribution in [-0.4, -0.2) is 89.5 Å². The largest absolute Gasteiger partial charge is 0.493 e. The number of methoxy groups -OCH3 is 2. The van der Waals surface area contributed by atoms with Crippen LogP contribution in [0, 0.1) is 17.8 Å². The molecule has 1 aliphatic carbocycles. The summed E-state index contributed by atoms with van der Waals surface area (Å²) in [5, 5.41) is 3.58. The Hall–Kier alpha value is -2.23. The van der Waals surface area contributed by atoms with Crippen molar-refractivity contribution in [1.82, 2.24) is 10.2 Å². The number of nitrogens with zero attached hydrogens (tertiary/aromatic N) is 1. The van der Waals surface area contributed by atoms with Gasteiger partial charge in [0, 0.05) is 51.6 Å². The van der Waals surface area contributed by atoms with Crippen LogP contribution in [0.1, 0.15) is 52.4 Å². The summed E-state index contributed by atoms with van der Waals surface area (Å²) in [7, 11) is 3.33. The Kier molecular flexibility index (Phi) is 11.4. The van der Waals surface area contributed by atoms with E-state index < -0.39 is 0 Å². The molecule has 0 radical (unpaired) electrons. The highest BCUT2D eigenvalue weighted by Gasteiger charge is 2.39. The number of rotatable bonds is 15. The number of carbonyl (C=O) groups is 1. The van der Waals surface area contributed by atoms with Crippen molar-refractivity contribution in [2.75, 3.05) is 60.3 Å². The number of amides is 1. The Bertz CT molecular complexity index is 888. The molecule has 3 atom stereocenters. The second-order valence-corrected chi connectivity index (χ2v) is 11.4. The van der Waals surface area contributed by atoms with Crippen molar-refractivity contribution >= 4 is 6.09 Å². The summed E-state index contributed by atoms with van der Waals surface area (Å²) in [6.07, 6.45) is 5.29. The number of carbonyl (C=O) groups excluding carboxylic acids is 1. The Labute approximate surface area is 233 Å². The normalized spacial score (nSPS) is 22.5. The third kappa shape index (κ3) is 8.88. The van der Waals surface area contributed by atoms with Crippen molar-refractivity contribution < 1.29 is 33.2 Å². The average Bonchev–Trinajstić information content (AvgIpc) is 3.69. The Balaban J connectivity index is 1.36. The zero-order valence-electron chi connectivity index (χ0n) is 24.2. The van der Waals surface area contributed by atoms with Crippen LogP contribution in [0.2, 0.25) is 0 Å². The molecular formula is C30H48N2O7. The average molecular weight is 549 g/mol. The van der Waals surface area contributed by atoms with E-state index in [1.807, 2.05) is 23.1 Å². The van der Waals surface area contributed by atoms with Gasteiger partial charge < -0.3 is 38.6 Å². The van der Waals surface area contributed by atoms with E-state index in [1.54, 1.807) is 14.2 Å². The summed E-state index contributed by atoms with van der Waals surface area (Å²) in [6, 6.07) is 6.08. The van der Waals surface area contributed by atoms with Gasteiger partial charge in [0.1, 0.15) is 18.0 Å². The molecule has 1 amide bonds. The lowest BCUT2D eigenvalue weighted by Gasteiger charge is -2.32. The zero-order chi connectivity index (χ0) is 27.6. The zero-order valence-corrected chi connectivity index (χ0v) is 24.2. The summed E-state index contributed by atoms with van der Waals surface area (Å²) in [5.74, 6) is 3.26. The predicted octanol–water partition coefficient (Wildman–Crippen LogP) is 4.52. The van der Waals surface area contributed by atoms with Crippen molar-refractivity contribution in [2.45, 2.75) is 70.6 Å². The van der Waals surface area contributed by atoms with E-state index in [4.69, 9.17) is 28.4 Å². The molecule has 3 aliphatic rings. The molecule has 4 rings (SSSR count). The molecule has 1 aromatic carbocycles. The maximum Gasteiger partial charge on any atom is 0.410 e. The van der Waals surface area contributed by atoms with Gasteiger partial charge in [-0.2, -0.15) is 0 Å². The van der Waals surface area contributed by atoms with Gasteiger partial charge in [-0.05, 0) is 62.2 Å². The molecule has 220 valence electrons. The topological polar surface area (TPSA) is 87.7 Å². The van der Waals surface area contributed by atoms with Crippen LogP contribution >= 0.6 is 0 Å². The lowest BCUT2D eigenvalue weighted by Crippen LogP contribution is -2.42. The van der Waals surface area contributed by atoms with E-state index in [1.165, 1.54) is 0 Å². The summed E-state index contributed by atoms with van der Waals surface area (Å²) in [5.41, 5.74) is 0. The number of ether oxygens (including phenoxy) is 6. The lowest BCUT2D eigenvalue weighted by atomic mass is 9.87. The van der Waals surface area contributed by atoms with Crippen LogP contribution in [0.5, 0.6) is 17.2 Å². The van der Waals surface area contributed by atoms with Crippen molar-refractivity contribution in [2.24, 2.45) is 17.8 Å². The fraction of sp³-hybridized carbons (Fsp3) is 0.767. The summed E-state index contributed by atoms with van der Waals surface area (Å²) < 4.78 is 34.5. The first-order chi connectivity index (χ1) is 19.0. The van der Waals surface area contributed by atoms with Crippen molar-refractivity contribution in [3.8, 4) is 17.2 Å². The molecular weight excluding hydrogens is 500 g/mol. The van der Waals surface area contributed by atoms with Gasteiger partial charge in [-0.3, -0.25) is 0 Å². The number of nitrogens with one attached hydrogen (secondary N) is 1. The first-order valence-electron chi connectivity index (χ1n) is 14.7. The third-order valence-corrected chi connectivity index (χ3v) is 8.02. The van der Waals surface area contributed by atoms with E-state index in [2.05, 4.69) is 19.2 Å². The molecule has 1 aromatic rings. The van der Waals surface area contributed by atoms with Gasteiger partial charge in [-0.15, -0.1) is 0 Å². The van der Waals surface area contributed by atoms with Crippen LogP contribution in [0.15, 0.2) is 18.2 Å². The van der Waals surface area contributed by atoms with Gasteiger partial charge >= 0.3 is 6.09 Å². The molecule has 1 saturated carbocycles. The second-order valence-electron chi connectivity index (χ2n) is 11.4. The first-order valence-corrected chi connectivity index (χ1v) is 14.7. The molecule has 0 unspecified atom stereocenters. The second kappa shape index (κ2) is 15.0. The monoisotopic (exact) mass is 548 g/mol. The van der Waals surface area contributed by atoms with Gasteiger partial charge in [-0.25, -0.2) is 4.79 Å². The van der Waals surface area contributed by atoms with Gasteiger partial charge in [0.15, 0.2) is 11.5 Å². The SMILES string of the molecule is COCCCOc1cc(O[C@H](C[C@@H]2CNC[C@H]2CN(C(=O)OC2CCOCC2)C2CC2)C(C)C)ccc1OC. The fourth-order valence-corrected chi connectivity index (χ4v) is 5.45. The van der Waals surface area contributed by atoms with Crippen LogP contribution in [0.4, 0.5) is 4.79 Å². The minimum atomic E-state index is -0.150. The minimum Gasteiger partial charge on any atom is -0.493 e. The summed E-state index contributed by atoms with van der Waals surface area (Å²) in [6.45, 7) is 9.51. The molecule has 1 N–H and O–H groups in total. The van der Waals surface area contributed by atoms with Gasteiger partial charge in [-0.1, -0.05) is 13.8 Å². The molecule has 39 heavy (non-hydrogen) atoms. The quantitative estimate of drug-likeness (QED) is 0.320. The minimum absolute atomic E-state index is 0.0259. The highest BCUT2D eigenvalue weighted by atomic mass is 16.6.